The van der Waals surface area contributed by atoms with Crippen LogP contribution < -0.4 is 0 Å². The van der Waals surface area contributed by atoms with E-state index in [1.54, 1.807) is 0 Å². The molecule has 0 bridgehead atoms. The molecule has 1 aliphatic carbocycles. The van der Waals surface area contributed by atoms with Crippen molar-refractivity contribution in [2.45, 2.75) is 25.0 Å². The Kier molecular flexibility index (Phi) is 2.26. The number of aliphatic hydroxyl groups is 2. The zero-order valence-electron chi connectivity index (χ0n) is 7.43. The van der Waals surface area contributed by atoms with Crippen molar-refractivity contribution in [3.63, 3.8) is 0 Å². The molecule has 1 aliphatic rings. The molecule has 0 atom stereocenters. The van der Waals surface area contributed by atoms with Gasteiger partial charge < -0.3 is 10.2 Å². The van der Waals surface area contributed by atoms with Crippen LogP contribution in [-0.2, 0) is 12.2 Å². The lowest BCUT2D eigenvalue weighted by Crippen LogP contribution is -2.30. The van der Waals surface area contributed by atoms with Crippen LogP contribution in [0.1, 0.15) is 24.0 Å². The summed E-state index contributed by atoms with van der Waals surface area (Å²) in [5.41, 5.74) is 0.569. The maximum Gasteiger partial charge on any atom is 0.190 e. The van der Waals surface area contributed by atoms with Crippen molar-refractivity contribution in [1.29, 1.82) is 0 Å². The summed E-state index contributed by atoms with van der Waals surface area (Å²) in [7, 11) is 0. The van der Waals surface area contributed by atoms with Gasteiger partial charge in [-0.05, 0) is 24.5 Å². The molecule has 2 rings (SSSR count). The molecule has 0 heterocycles. The highest BCUT2D eigenvalue weighted by molar-refractivity contribution is 6.30. The summed E-state index contributed by atoms with van der Waals surface area (Å²) in [6, 6.07) is 2.82. The number of hydrogen-bond acceptors (Lipinski definition) is 2. The van der Waals surface area contributed by atoms with E-state index in [2.05, 4.69) is 0 Å². The summed E-state index contributed by atoms with van der Waals surface area (Å²) < 4.78 is 13.5. The largest absolute Gasteiger partial charge is 0.362 e. The van der Waals surface area contributed by atoms with Crippen molar-refractivity contribution in [2.75, 3.05) is 0 Å². The average molecular weight is 217 g/mol. The first-order valence-electron chi connectivity index (χ1n) is 4.44. The van der Waals surface area contributed by atoms with Gasteiger partial charge in [0.05, 0.1) is 5.02 Å². The molecule has 4 heteroatoms. The van der Waals surface area contributed by atoms with Gasteiger partial charge in [0, 0.05) is 12.0 Å². The van der Waals surface area contributed by atoms with E-state index in [0.29, 0.717) is 18.4 Å². The highest BCUT2D eigenvalue weighted by Crippen LogP contribution is 2.36. The third-order valence-corrected chi connectivity index (χ3v) is 2.87. The Morgan fingerprint density at radius 3 is 2.79 bits per heavy atom. The zero-order chi connectivity index (χ0) is 10.3. The molecular weight excluding hydrogens is 207 g/mol. The van der Waals surface area contributed by atoms with E-state index in [1.807, 2.05) is 0 Å². The number of hydrogen-bond donors (Lipinski definition) is 2. The maximum atomic E-state index is 13.5. The summed E-state index contributed by atoms with van der Waals surface area (Å²) in [6.45, 7) is 0. The summed E-state index contributed by atoms with van der Waals surface area (Å²) >= 11 is 5.60. The monoisotopic (exact) mass is 216 g/mol. The molecule has 0 amide bonds. The fraction of sp³-hybridized carbons (Fsp3) is 0.400. The van der Waals surface area contributed by atoms with Gasteiger partial charge in [-0.2, -0.15) is 0 Å². The Balaban J connectivity index is 2.62. The number of rotatable bonds is 0. The fourth-order valence-corrected chi connectivity index (χ4v) is 2.04. The summed E-state index contributed by atoms with van der Waals surface area (Å²) in [5.74, 6) is -2.43. The lowest BCUT2D eigenvalue weighted by molar-refractivity contribution is -0.179. The molecule has 0 spiro atoms. The lowest BCUT2D eigenvalue weighted by atomic mass is 9.86. The molecule has 1 aromatic carbocycles. The van der Waals surface area contributed by atoms with Gasteiger partial charge in [-0.1, -0.05) is 17.7 Å². The second-order valence-electron chi connectivity index (χ2n) is 3.56. The van der Waals surface area contributed by atoms with Crippen molar-refractivity contribution in [1.82, 2.24) is 0 Å². The smallest absolute Gasteiger partial charge is 0.190 e. The number of fused-ring (bicyclic) bond motifs is 1. The second kappa shape index (κ2) is 3.19. The van der Waals surface area contributed by atoms with Crippen molar-refractivity contribution in [2.24, 2.45) is 0 Å². The van der Waals surface area contributed by atoms with Crippen molar-refractivity contribution in [3.8, 4) is 0 Å². The van der Waals surface area contributed by atoms with E-state index >= 15 is 0 Å². The number of benzene rings is 1. The summed E-state index contributed by atoms with van der Waals surface area (Å²) in [5, 5.41) is 19.2. The Bertz CT molecular complexity index is 377. The zero-order valence-corrected chi connectivity index (χ0v) is 8.18. The van der Waals surface area contributed by atoms with Crippen molar-refractivity contribution < 1.29 is 14.6 Å². The second-order valence-corrected chi connectivity index (χ2v) is 3.96. The van der Waals surface area contributed by atoms with Crippen LogP contribution >= 0.6 is 11.6 Å². The molecule has 0 aliphatic heterocycles. The minimum Gasteiger partial charge on any atom is -0.362 e. The fourth-order valence-electron chi connectivity index (χ4n) is 1.86. The predicted molar refractivity (Wildman–Crippen MR) is 50.5 cm³/mol. The predicted octanol–water partition coefficient (Wildman–Crippen LogP) is 1.95. The topological polar surface area (TPSA) is 40.5 Å². The van der Waals surface area contributed by atoms with Crippen LogP contribution in [-0.4, -0.2) is 10.2 Å². The normalized spacial score (nSPS) is 19.1. The van der Waals surface area contributed by atoms with Gasteiger partial charge in [0.2, 0.25) is 0 Å². The maximum absolute atomic E-state index is 13.5. The lowest BCUT2D eigenvalue weighted by Gasteiger charge is -2.29. The van der Waals surface area contributed by atoms with Crippen molar-refractivity contribution in [3.05, 3.63) is 34.1 Å². The minimum atomic E-state index is -1.90. The van der Waals surface area contributed by atoms with E-state index in [9.17, 15) is 14.6 Å². The molecule has 0 radical (unpaired) electrons. The standard InChI is InChI=1S/C10H10ClFO2/c11-8-4-3-7-6(9(8)12)2-1-5-10(7,13)14/h3-4,13-14H,1-2,5H2. The number of halogens is 2. The molecule has 0 saturated carbocycles. The first-order valence-corrected chi connectivity index (χ1v) is 4.82. The molecule has 0 saturated heterocycles. The van der Waals surface area contributed by atoms with E-state index in [4.69, 9.17) is 11.6 Å². The molecule has 2 nitrogen and oxygen atoms in total. The third kappa shape index (κ3) is 1.41. The van der Waals surface area contributed by atoms with Gasteiger partial charge in [0.25, 0.3) is 0 Å². The van der Waals surface area contributed by atoms with Gasteiger partial charge in [-0.15, -0.1) is 0 Å². The van der Waals surface area contributed by atoms with Gasteiger partial charge in [0.1, 0.15) is 5.82 Å². The van der Waals surface area contributed by atoms with E-state index in [-0.39, 0.29) is 17.0 Å². The van der Waals surface area contributed by atoms with Crippen LogP contribution in [0.25, 0.3) is 0 Å². The first kappa shape index (κ1) is 9.90. The van der Waals surface area contributed by atoms with Gasteiger partial charge >= 0.3 is 0 Å². The molecule has 0 fully saturated rings. The van der Waals surface area contributed by atoms with Crippen LogP contribution in [0.4, 0.5) is 4.39 Å². The molecule has 0 aromatic heterocycles. The minimum absolute atomic E-state index is 0.0291. The van der Waals surface area contributed by atoms with Crippen molar-refractivity contribution >= 4 is 11.6 Å². The van der Waals surface area contributed by atoms with E-state index < -0.39 is 11.6 Å². The van der Waals surface area contributed by atoms with Crippen LogP contribution in [0.15, 0.2) is 12.1 Å². The molecule has 1 aromatic rings. The highest BCUT2D eigenvalue weighted by Gasteiger charge is 2.33. The van der Waals surface area contributed by atoms with Gasteiger partial charge in [-0.25, -0.2) is 4.39 Å². The molecule has 0 unspecified atom stereocenters. The third-order valence-electron chi connectivity index (χ3n) is 2.58. The molecular formula is C10H10ClFO2. The van der Waals surface area contributed by atoms with Crippen LogP contribution in [0.2, 0.25) is 5.02 Å². The van der Waals surface area contributed by atoms with E-state index in [0.717, 1.165) is 0 Å². The first-order chi connectivity index (χ1) is 6.52. The Morgan fingerprint density at radius 2 is 2.07 bits per heavy atom. The summed E-state index contributed by atoms with van der Waals surface area (Å²) in [4.78, 5) is 0. The average Bonchev–Trinajstić information content (AvgIpc) is 2.11. The highest BCUT2D eigenvalue weighted by atomic mass is 35.5. The Labute approximate surface area is 85.9 Å². The Hall–Kier alpha value is -0.640. The molecule has 2 N–H and O–H groups in total. The molecule has 76 valence electrons. The molecule has 14 heavy (non-hydrogen) atoms. The van der Waals surface area contributed by atoms with Gasteiger partial charge in [0.15, 0.2) is 5.79 Å². The Morgan fingerprint density at radius 1 is 1.36 bits per heavy atom. The van der Waals surface area contributed by atoms with Crippen LogP contribution in [0, 0.1) is 5.82 Å². The SMILES string of the molecule is OC1(O)CCCc2c1ccc(Cl)c2F. The summed E-state index contributed by atoms with van der Waals surface area (Å²) in [6.07, 6.45) is 1.29. The van der Waals surface area contributed by atoms with E-state index in [1.165, 1.54) is 12.1 Å². The van der Waals surface area contributed by atoms with Crippen LogP contribution in [0.3, 0.4) is 0 Å². The van der Waals surface area contributed by atoms with Crippen LogP contribution in [0.5, 0.6) is 0 Å². The quantitative estimate of drug-likeness (QED) is 0.651. The van der Waals surface area contributed by atoms with Gasteiger partial charge in [-0.3, -0.25) is 0 Å².